The number of esters is 2. The standard InChI is InChI=1S/C17H20N2O7/c1-2-24-14(21)10-26-19-13(20)8-12(15(18)16(19)22)17(23)25-9-11-6-4-3-5-7-11/h3-7,12,15H,2,8-10,18H2,1H3/t12?,15-/m0/s1. The average molecular weight is 364 g/mol. The molecule has 0 bridgehead atoms. The largest absolute Gasteiger partial charge is 0.464 e. The first-order chi connectivity index (χ1) is 12.4. The van der Waals surface area contributed by atoms with Crippen molar-refractivity contribution in [3.8, 4) is 0 Å². The smallest absolute Gasteiger partial charge is 0.334 e. The van der Waals surface area contributed by atoms with Crippen LogP contribution in [0.5, 0.6) is 0 Å². The third kappa shape index (κ3) is 4.87. The van der Waals surface area contributed by atoms with Gasteiger partial charge in [-0.25, -0.2) is 4.79 Å². The Morgan fingerprint density at radius 1 is 1.19 bits per heavy atom. The third-order valence-electron chi connectivity index (χ3n) is 3.68. The summed E-state index contributed by atoms with van der Waals surface area (Å²) in [6, 6.07) is 7.65. The summed E-state index contributed by atoms with van der Waals surface area (Å²) in [4.78, 5) is 52.6. The normalized spacial score (nSPS) is 20.0. The molecule has 2 atom stereocenters. The predicted octanol–water partition coefficient (Wildman–Crippen LogP) is -0.0731. The number of rotatable bonds is 7. The highest BCUT2D eigenvalue weighted by Crippen LogP contribution is 2.21. The maximum atomic E-state index is 12.2. The SMILES string of the molecule is CCOC(=O)CON1C(=O)CC(C(=O)OCc2ccccc2)[C@H](N)C1=O. The van der Waals surface area contributed by atoms with Crippen molar-refractivity contribution >= 4 is 23.8 Å². The quantitative estimate of drug-likeness (QED) is 0.526. The highest BCUT2D eigenvalue weighted by Gasteiger charge is 2.44. The Hall–Kier alpha value is -2.78. The lowest BCUT2D eigenvalue weighted by atomic mass is 9.92. The lowest BCUT2D eigenvalue weighted by Gasteiger charge is -2.31. The van der Waals surface area contributed by atoms with Crippen LogP contribution in [-0.2, 0) is 40.1 Å². The second kappa shape index (κ2) is 9.07. The van der Waals surface area contributed by atoms with Crippen LogP contribution in [0.4, 0.5) is 0 Å². The van der Waals surface area contributed by atoms with Gasteiger partial charge in [-0.15, -0.1) is 0 Å². The summed E-state index contributed by atoms with van der Waals surface area (Å²) in [6.07, 6.45) is -0.358. The molecule has 0 spiro atoms. The molecule has 140 valence electrons. The van der Waals surface area contributed by atoms with Crippen molar-refractivity contribution < 1.29 is 33.5 Å². The van der Waals surface area contributed by atoms with Crippen molar-refractivity contribution in [1.82, 2.24) is 5.06 Å². The molecular formula is C17H20N2O7. The number of hydroxylamine groups is 2. The van der Waals surface area contributed by atoms with E-state index in [1.807, 2.05) is 6.07 Å². The molecule has 1 unspecified atom stereocenters. The van der Waals surface area contributed by atoms with Gasteiger partial charge >= 0.3 is 11.9 Å². The Balaban J connectivity index is 1.92. The number of nitrogens with two attached hydrogens (primary N) is 1. The van der Waals surface area contributed by atoms with E-state index in [-0.39, 0.29) is 19.6 Å². The van der Waals surface area contributed by atoms with E-state index >= 15 is 0 Å². The molecular weight excluding hydrogens is 344 g/mol. The van der Waals surface area contributed by atoms with Crippen LogP contribution in [-0.4, -0.2) is 48.1 Å². The molecule has 1 saturated heterocycles. The van der Waals surface area contributed by atoms with Crippen molar-refractivity contribution in [2.45, 2.75) is 26.0 Å². The predicted molar refractivity (Wildman–Crippen MR) is 86.8 cm³/mol. The number of hydrogen-bond acceptors (Lipinski definition) is 8. The summed E-state index contributed by atoms with van der Waals surface area (Å²) in [6.45, 7) is 1.14. The van der Waals surface area contributed by atoms with Gasteiger partial charge in [-0.3, -0.25) is 19.2 Å². The number of hydrogen-bond donors (Lipinski definition) is 1. The Labute approximate surface area is 149 Å². The summed E-state index contributed by atoms with van der Waals surface area (Å²) in [5, 5.41) is 0.405. The minimum absolute atomic E-state index is 0.00828. The highest BCUT2D eigenvalue weighted by atomic mass is 16.7. The Kier molecular flexibility index (Phi) is 6.81. The number of carbonyl (C=O) groups is 4. The molecule has 26 heavy (non-hydrogen) atoms. The molecule has 0 radical (unpaired) electrons. The lowest BCUT2D eigenvalue weighted by molar-refractivity contribution is -0.208. The van der Waals surface area contributed by atoms with Crippen LogP contribution in [0.25, 0.3) is 0 Å². The van der Waals surface area contributed by atoms with E-state index < -0.39 is 42.3 Å². The molecule has 0 aromatic heterocycles. The van der Waals surface area contributed by atoms with Crippen molar-refractivity contribution in [2.75, 3.05) is 13.2 Å². The molecule has 0 saturated carbocycles. The monoisotopic (exact) mass is 364 g/mol. The van der Waals surface area contributed by atoms with E-state index in [0.717, 1.165) is 5.56 Å². The second-order valence-corrected chi connectivity index (χ2v) is 5.53. The van der Waals surface area contributed by atoms with Crippen molar-refractivity contribution in [3.63, 3.8) is 0 Å². The van der Waals surface area contributed by atoms with Crippen LogP contribution < -0.4 is 5.73 Å². The fraction of sp³-hybridized carbons (Fsp3) is 0.412. The summed E-state index contributed by atoms with van der Waals surface area (Å²) < 4.78 is 9.79. The van der Waals surface area contributed by atoms with Crippen LogP contribution >= 0.6 is 0 Å². The highest BCUT2D eigenvalue weighted by molar-refractivity contribution is 6.03. The van der Waals surface area contributed by atoms with Gasteiger partial charge in [0.25, 0.3) is 11.8 Å². The maximum absolute atomic E-state index is 12.2. The van der Waals surface area contributed by atoms with Crippen LogP contribution in [0, 0.1) is 5.92 Å². The van der Waals surface area contributed by atoms with Crippen LogP contribution in [0.1, 0.15) is 18.9 Å². The topological polar surface area (TPSA) is 125 Å². The molecule has 1 heterocycles. The minimum Gasteiger partial charge on any atom is -0.464 e. The van der Waals surface area contributed by atoms with Crippen molar-refractivity contribution in [1.29, 1.82) is 0 Å². The Morgan fingerprint density at radius 2 is 1.88 bits per heavy atom. The number of nitrogens with zero attached hydrogens (tertiary/aromatic N) is 1. The van der Waals surface area contributed by atoms with Crippen LogP contribution in [0.2, 0.25) is 0 Å². The third-order valence-corrected chi connectivity index (χ3v) is 3.68. The summed E-state index contributed by atoms with van der Waals surface area (Å²) in [7, 11) is 0. The molecule has 1 aliphatic heterocycles. The fourth-order valence-corrected chi connectivity index (χ4v) is 2.35. The van der Waals surface area contributed by atoms with Gasteiger partial charge in [0.05, 0.1) is 12.5 Å². The first-order valence-electron chi connectivity index (χ1n) is 8.05. The Morgan fingerprint density at radius 3 is 2.54 bits per heavy atom. The van der Waals surface area contributed by atoms with Gasteiger partial charge in [0, 0.05) is 6.42 Å². The number of carbonyl (C=O) groups excluding carboxylic acids is 4. The molecule has 2 amide bonds. The van der Waals surface area contributed by atoms with E-state index in [9.17, 15) is 19.2 Å². The van der Waals surface area contributed by atoms with E-state index in [2.05, 4.69) is 4.74 Å². The summed E-state index contributed by atoms with van der Waals surface area (Å²) >= 11 is 0. The molecule has 1 aliphatic rings. The number of imide groups is 1. The molecule has 1 aromatic carbocycles. The lowest BCUT2D eigenvalue weighted by Crippen LogP contribution is -2.58. The van der Waals surface area contributed by atoms with Gasteiger partial charge in [-0.1, -0.05) is 30.3 Å². The van der Waals surface area contributed by atoms with E-state index in [1.165, 1.54) is 0 Å². The zero-order valence-corrected chi connectivity index (χ0v) is 14.3. The van der Waals surface area contributed by atoms with E-state index in [4.69, 9.17) is 15.3 Å². The van der Waals surface area contributed by atoms with E-state index in [0.29, 0.717) is 5.06 Å². The zero-order chi connectivity index (χ0) is 19.1. The van der Waals surface area contributed by atoms with Gasteiger partial charge in [-0.05, 0) is 12.5 Å². The number of ether oxygens (including phenoxy) is 2. The second-order valence-electron chi connectivity index (χ2n) is 5.53. The van der Waals surface area contributed by atoms with E-state index in [1.54, 1.807) is 31.2 Å². The molecule has 1 aromatic rings. The molecule has 2 rings (SSSR count). The molecule has 0 aliphatic carbocycles. The minimum atomic E-state index is -1.31. The number of piperidine rings is 1. The molecule has 9 nitrogen and oxygen atoms in total. The van der Waals surface area contributed by atoms with Gasteiger partial charge in [-0.2, -0.15) is 5.06 Å². The average Bonchev–Trinajstić information content (AvgIpc) is 2.63. The summed E-state index contributed by atoms with van der Waals surface area (Å²) in [5.41, 5.74) is 6.54. The van der Waals surface area contributed by atoms with Crippen molar-refractivity contribution in [2.24, 2.45) is 11.7 Å². The Bertz CT molecular complexity index is 677. The van der Waals surface area contributed by atoms with Crippen LogP contribution in [0.15, 0.2) is 30.3 Å². The zero-order valence-electron chi connectivity index (χ0n) is 14.3. The first-order valence-corrected chi connectivity index (χ1v) is 8.05. The van der Waals surface area contributed by atoms with Crippen molar-refractivity contribution in [3.05, 3.63) is 35.9 Å². The maximum Gasteiger partial charge on any atom is 0.334 e. The van der Waals surface area contributed by atoms with Gasteiger partial charge in [0.15, 0.2) is 6.61 Å². The molecule has 9 heteroatoms. The molecule has 2 N–H and O–H groups in total. The van der Waals surface area contributed by atoms with Gasteiger partial charge < -0.3 is 15.2 Å². The number of benzene rings is 1. The first kappa shape index (κ1) is 19.5. The van der Waals surface area contributed by atoms with Gasteiger partial charge in [0.1, 0.15) is 12.6 Å². The van der Waals surface area contributed by atoms with Crippen LogP contribution in [0.3, 0.4) is 0 Å². The van der Waals surface area contributed by atoms with Gasteiger partial charge in [0.2, 0.25) is 0 Å². The number of amides is 2. The fourth-order valence-electron chi connectivity index (χ4n) is 2.35. The molecule has 1 fully saturated rings. The summed E-state index contributed by atoms with van der Waals surface area (Å²) in [5.74, 6) is -4.27.